The van der Waals surface area contributed by atoms with Crippen LogP contribution in [0.15, 0.2) is 58.5 Å². The van der Waals surface area contributed by atoms with E-state index in [2.05, 4.69) is 56.3 Å². The summed E-state index contributed by atoms with van der Waals surface area (Å²) in [4.78, 5) is 13.0. The normalized spacial score (nSPS) is 14.9. The topological polar surface area (TPSA) is 138 Å². The summed E-state index contributed by atoms with van der Waals surface area (Å²) in [7, 11) is 0. The molecule has 2 aromatic rings. The first kappa shape index (κ1) is 51.5. The van der Waals surface area contributed by atoms with E-state index < -0.39 is 0 Å². The van der Waals surface area contributed by atoms with E-state index in [1.165, 1.54) is 75.4 Å². The van der Waals surface area contributed by atoms with Gasteiger partial charge in [0.25, 0.3) is 0 Å². The monoisotopic (exact) mass is 836 g/mol. The fourth-order valence-corrected chi connectivity index (χ4v) is 6.04. The van der Waals surface area contributed by atoms with Gasteiger partial charge in [0.1, 0.15) is 24.7 Å². The van der Waals surface area contributed by atoms with E-state index in [-0.39, 0.29) is 37.4 Å². The SMILES string of the molecule is CCSC(=N)N.CCSC(N)=NC(=S)Nc1ccc(OC[C@@H](C)N2CCCC2)cc1.C[C@H](COc1ccc(N=C=S)cc1)N1CCCC1.Cl.P.P. The molecule has 0 saturated carbocycles. The Labute approximate surface area is 338 Å². The maximum Gasteiger partial charge on any atom is 0.199 e. The average molecular weight is 838 g/mol. The Morgan fingerprint density at radius 3 is 1.65 bits per heavy atom. The summed E-state index contributed by atoms with van der Waals surface area (Å²) in [5, 5.41) is 13.1. The van der Waals surface area contributed by atoms with Crippen LogP contribution in [0, 0.1) is 5.41 Å². The van der Waals surface area contributed by atoms with Crippen molar-refractivity contribution in [2.75, 3.05) is 56.2 Å². The molecule has 17 heteroatoms. The highest BCUT2D eigenvalue weighted by Crippen LogP contribution is 2.20. The lowest BCUT2D eigenvalue weighted by molar-refractivity contribution is 0.172. The minimum Gasteiger partial charge on any atom is -0.492 e. The first-order chi connectivity index (χ1) is 23.1. The second kappa shape index (κ2) is 30.9. The van der Waals surface area contributed by atoms with Gasteiger partial charge in [0, 0.05) is 17.8 Å². The van der Waals surface area contributed by atoms with Crippen LogP contribution in [0.1, 0.15) is 53.4 Å². The summed E-state index contributed by atoms with van der Waals surface area (Å²) >= 11 is 12.6. The molecule has 0 radical (unpaired) electrons. The number of aliphatic imine (C=N–C) groups is 2. The minimum atomic E-state index is 0. The Balaban J connectivity index is 0. The first-order valence-electron chi connectivity index (χ1n) is 16.4. The number of hydrogen-bond acceptors (Lipinski definition) is 10. The van der Waals surface area contributed by atoms with Gasteiger partial charge >= 0.3 is 0 Å². The van der Waals surface area contributed by atoms with Crippen LogP contribution in [-0.2, 0) is 0 Å². The molecule has 4 atom stereocenters. The predicted octanol–water partition coefficient (Wildman–Crippen LogP) is 7.77. The van der Waals surface area contributed by atoms with Gasteiger partial charge < -0.3 is 26.3 Å². The van der Waals surface area contributed by atoms with Gasteiger partial charge in [-0.25, -0.2) is 0 Å². The molecule has 0 aromatic heterocycles. The van der Waals surface area contributed by atoms with Crippen LogP contribution in [-0.4, -0.2) is 93.4 Å². The van der Waals surface area contributed by atoms with Crippen molar-refractivity contribution in [3.05, 3.63) is 48.5 Å². The highest BCUT2D eigenvalue weighted by atomic mass is 35.5. The van der Waals surface area contributed by atoms with Gasteiger partial charge in [0.2, 0.25) is 0 Å². The van der Waals surface area contributed by atoms with Crippen molar-refractivity contribution in [2.45, 2.75) is 65.5 Å². The van der Waals surface area contributed by atoms with Crippen LogP contribution >= 0.6 is 80.2 Å². The summed E-state index contributed by atoms with van der Waals surface area (Å²) in [6.07, 6.45) is 5.23. The average Bonchev–Trinajstić information content (AvgIpc) is 3.81. The number of benzene rings is 2. The zero-order valence-electron chi connectivity index (χ0n) is 30.5. The standard InChI is InChI=1S/C17H26N4OS2.C14H18N2OS.C3H8N2S.ClH.2H3P/c1-3-24-16(18)20-17(23)19-14-6-8-15(9-7-14)22-12-13(2)21-10-4-5-11-21;1-12(16-8-2-3-9-16)10-17-14-6-4-13(5-7-14)15-11-18;1-2-6-3(4)5;;;/h6-9,13H,3-5,10-12H2,1-2H3,(H3,18,19,20,23);4-7,12H,2-3,8-10H2,1H3;2H2,1H3,(H3,4,5);1H;2*1H3/t13-;12-;;;;/m11..../s1. The minimum absolute atomic E-state index is 0. The van der Waals surface area contributed by atoms with Gasteiger partial charge in [0.15, 0.2) is 15.4 Å². The summed E-state index contributed by atoms with van der Waals surface area (Å²) < 4.78 is 11.7. The molecule has 2 aliphatic heterocycles. The molecule has 2 aromatic carbocycles. The van der Waals surface area contributed by atoms with Crippen LogP contribution < -0.4 is 26.3 Å². The number of nitrogens with one attached hydrogen (secondary N) is 2. The molecular formula is C34H59ClN8O2P2S4. The quantitative estimate of drug-likeness (QED) is 0.0723. The van der Waals surface area contributed by atoms with E-state index in [0.29, 0.717) is 29.0 Å². The molecule has 10 nitrogen and oxygen atoms in total. The number of nitrogens with zero attached hydrogens (tertiary/aromatic N) is 4. The van der Waals surface area contributed by atoms with Crippen LogP contribution in [0.2, 0.25) is 0 Å². The molecule has 0 spiro atoms. The lowest BCUT2D eigenvalue weighted by Gasteiger charge is -2.23. The number of halogens is 1. The molecule has 6 N–H and O–H groups in total. The Kier molecular flexibility index (Phi) is 31.2. The molecule has 2 fully saturated rings. The molecule has 2 saturated heterocycles. The molecule has 4 rings (SSSR count). The second-order valence-electron chi connectivity index (χ2n) is 11.1. The van der Waals surface area contributed by atoms with Crippen molar-refractivity contribution in [3.63, 3.8) is 0 Å². The van der Waals surface area contributed by atoms with Gasteiger partial charge in [-0.2, -0.15) is 29.8 Å². The number of rotatable bonds is 12. The molecule has 0 aliphatic carbocycles. The van der Waals surface area contributed by atoms with Gasteiger partial charge in [-0.05, 0) is 150 Å². The third-order valence-corrected chi connectivity index (χ3v) is 8.99. The van der Waals surface area contributed by atoms with Gasteiger partial charge in [-0.1, -0.05) is 37.4 Å². The predicted molar refractivity (Wildman–Crippen MR) is 245 cm³/mol. The van der Waals surface area contributed by atoms with E-state index in [0.717, 1.165) is 41.0 Å². The van der Waals surface area contributed by atoms with E-state index in [9.17, 15) is 0 Å². The number of isothiocyanates is 1. The van der Waals surface area contributed by atoms with Crippen molar-refractivity contribution in [2.24, 2.45) is 21.5 Å². The van der Waals surface area contributed by atoms with Gasteiger partial charge in [-0.15, -0.1) is 12.4 Å². The number of amidine groups is 2. The number of likely N-dealkylation sites (tertiary alicyclic amines) is 2. The number of nitrogens with two attached hydrogens (primary N) is 2. The zero-order chi connectivity index (χ0) is 35.1. The highest BCUT2D eigenvalue weighted by molar-refractivity contribution is 8.14. The van der Waals surface area contributed by atoms with Crippen molar-refractivity contribution in [1.82, 2.24) is 9.80 Å². The number of ether oxygens (including phenoxy) is 2. The summed E-state index contributed by atoms with van der Waals surface area (Å²) in [5.74, 6) is 3.52. The molecule has 2 unspecified atom stereocenters. The lowest BCUT2D eigenvalue weighted by Crippen LogP contribution is -2.34. The third-order valence-electron chi connectivity index (χ3n) is 7.43. The van der Waals surface area contributed by atoms with Gasteiger partial charge in [-0.3, -0.25) is 15.2 Å². The third kappa shape index (κ3) is 23.0. The first-order valence-corrected chi connectivity index (χ1v) is 19.2. The lowest BCUT2D eigenvalue weighted by atomic mass is 10.3. The van der Waals surface area contributed by atoms with Crippen LogP contribution in [0.4, 0.5) is 11.4 Å². The maximum atomic E-state index is 6.64. The van der Waals surface area contributed by atoms with Crippen LogP contribution in [0.5, 0.6) is 11.5 Å². The van der Waals surface area contributed by atoms with Crippen molar-refractivity contribution >= 4 is 112 Å². The molecule has 0 bridgehead atoms. The smallest absolute Gasteiger partial charge is 0.199 e. The van der Waals surface area contributed by atoms with Crippen LogP contribution in [0.3, 0.4) is 0 Å². The summed E-state index contributed by atoms with van der Waals surface area (Å²) in [6.45, 7) is 14.6. The summed E-state index contributed by atoms with van der Waals surface area (Å²) in [5.41, 5.74) is 12.4. The van der Waals surface area contributed by atoms with E-state index >= 15 is 0 Å². The largest absolute Gasteiger partial charge is 0.492 e. The zero-order valence-corrected chi connectivity index (χ0v) is 37.4. The second-order valence-corrected chi connectivity index (χ2v) is 14.3. The molecule has 2 heterocycles. The maximum absolute atomic E-state index is 6.64. The van der Waals surface area contributed by atoms with E-state index in [1.807, 2.05) is 62.4 Å². The number of anilines is 1. The van der Waals surface area contributed by atoms with Gasteiger partial charge in [0.05, 0.1) is 10.8 Å². The molecular weight excluding hydrogens is 778 g/mol. The Bertz CT molecular complexity index is 1310. The fourth-order valence-electron chi connectivity index (χ4n) is 4.90. The van der Waals surface area contributed by atoms with Crippen molar-refractivity contribution in [3.8, 4) is 11.5 Å². The molecule has 2 aliphatic rings. The van der Waals surface area contributed by atoms with E-state index in [1.54, 1.807) is 0 Å². The fraction of sp³-hybridized carbons (Fsp3) is 0.529. The number of thiocarbonyl (C=S) groups is 2. The van der Waals surface area contributed by atoms with E-state index in [4.69, 9.17) is 38.6 Å². The van der Waals surface area contributed by atoms with Crippen LogP contribution in [0.25, 0.3) is 0 Å². The number of hydrogen-bond donors (Lipinski definition) is 4. The molecule has 51 heavy (non-hydrogen) atoms. The Morgan fingerprint density at radius 2 is 1.27 bits per heavy atom. The summed E-state index contributed by atoms with van der Waals surface area (Å²) in [6, 6.07) is 16.3. The molecule has 288 valence electrons. The number of thioether (sulfide) groups is 2. The van der Waals surface area contributed by atoms with Crippen molar-refractivity contribution < 1.29 is 9.47 Å². The Hall–Kier alpha value is -1.56. The molecule has 0 amide bonds. The Morgan fingerprint density at radius 1 is 0.843 bits per heavy atom. The highest BCUT2D eigenvalue weighted by Gasteiger charge is 2.19. The van der Waals surface area contributed by atoms with Crippen molar-refractivity contribution in [1.29, 1.82) is 5.41 Å².